The highest BCUT2D eigenvalue weighted by Crippen LogP contribution is 2.34. The van der Waals surface area contributed by atoms with E-state index in [9.17, 15) is 4.79 Å². The number of anilines is 2. The molecule has 1 N–H and O–H groups in total. The lowest BCUT2D eigenvalue weighted by Gasteiger charge is -2.16. The van der Waals surface area contributed by atoms with Crippen LogP contribution in [0.15, 0.2) is 54.9 Å². The first-order chi connectivity index (χ1) is 13.7. The molecule has 8 nitrogen and oxygen atoms in total. The summed E-state index contributed by atoms with van der Waals surface area (Å²) in [5.41, 5.74) is 2.23. The van der Waals surface area contributed by atoms with Crippen LogP contribution < -0.4 is 14.8 Å². The number of carbonyl (C=O) groups is 1. The molecule has 142 valence electrons. The summed E-state index contributed by atoms with van der Waals surface area (Å²) < 4.78 is 10.6. The van der Waals surface area contributed by atoms with Gasteiger partial charge in [-0.1, -0.05) is 0 Å². The minimum Gasteiger partial charge on any atom is -0.454 e. The zero-order valence-corrected chi connectivity index (χ0v) is 15.3. The molecule has 0 saturated heterocycles. The SMILES string of the molecule is CN(CCc1ccncc1)C(=O)c1ccc(Nc2ccc3c(c2)OCO3)nn1. The van der Waals surface area contributed by atoms with Gasteiger partial charge >= 0.3 is 0 Å². The second-order valence-electron chi connectivity index (χ2n) is 6.33. The number of nitrogens with zero attached hydrogens (tertiary/aromatic N) is 4. The minimum absolute atomic E-state index is 0.170. The van der Waals surface area contributed by atoms with Crippen molar-refractivity contribution < 1.29 is 14.3 Å². The van der Waals surface area contributed by atoms with Gasteiger partial charge in [0, 0.05) is 37.7 Å². The van der Waals surface area contributed by atoms with Crippen LogP contribution in [-0.2, 0) is 6.42 Å². The van der Waals surface area contributed by atoms with Crippen LogP contribution in [0, 0.1) is 0 Å². The third kappa shape index (κ3) is 4.01. The molecular formula is C20H19N5O3. The predicted octanol–water partition coefficient (Wildman–Crippen LogP) is 2.66. The lowest BCUT2D eigenvalue weighted by atomic mass is 10.2. The van der Waals surface area contributed by atoms with Crippen molar-refractivity contribution in [1.29, 1.82) is 0 Å². The van der Waals surface area contributed by atoms with Crippen molar-refractivity contribution in [3.63, 3.8) is 0 Å². The Labute approximate surface area is 162 Å². The molecule has 3 heterocycles. The Morgan fingerprint density at radius 3 is 2.68 bits per heavy atom. The van der Waals surface area contributed by atoms with Gasteiger partial charge in [-0.15, -0.1) is 10.2 Å². The van der Waals surface area contributed by atoms with Crippen molar-refractivity contribution in [2.24, 2.45) is 0 Å². The third-order valence-corrected chi connectivity index (χ3v) is 4.36. The average Bonchev–Trinajstić information content (AvgIpc) is 3.21. The Bertz CT molecular complexity index is 963. The number of aromatic nitrogens is 3. The van der Waals surface area contributed by atoms with Gasteiger partial charge in [0.1, 0.15) is 0 Å². The van der Waals surface area contributed by atoms with E-state index in [1.54, 1.807) is 36.5 Å². The van der Waals surface area contributed by atoms with E-state index in [-0.39, 0.29) is 12.7 Å². The zero-order valence-electron chi connectivity index (χ0n) is 15.3. The fourth-order valence-corrected chi connectivity index (χ4v) is 2.78. The molecule has 0 fully saturated rings. The highest BCUT2D eigenvalue weighted by atomic mass is 16.7. The summed E-state index contributed by atoms with van der Waals surface area (Å²) in [6, 6.07) is 12.8. The van der Waals surface area contributed by atoms with Crippen LogP contribution in [0.25, 0.3) is 0 Å². The van der Waals surface area contributed by atoms with Gasteiger partial charge in [0.15, 0.2) is 23.0 Å². The molecule has 4 rings (SSSR count). The van der Waals surface area contributed by atoms with E-state index in [0.29, 0.717) is 29.6 Å². The Balaban J connectivity index is 1.36. The fourth-order valence-electron chi connectivity index (χ4n) is 2.78. The van der Waals surface area contributed by atoms with Crippen LogP contribution >= 0.6 is 0 Å². The number of hydrogen-bond acceptors (Lipinski definition) is 7. The molecule has 0 aliphatic carbocycles. The van der Waals surface area contributed by atoms with Gasteiger partial charge in [-0.3, -0.25) is 9.78 Å². The Hall–Kier alpha value is -3.68. The number of amides is 1. The summed E-state index contributed by atoms with van der Waals surface area (Å²) in [4.78, 5) is 18.2. The van der Waals surface area contributed by atoms with Crippen molar-refractivity contribution in [2.45, 2.75) is 6.42 Å². The third-order valence-electron chi connectivity index (χ3n) is 4.36. The largest absolute Gasteiger partial charge is 0.454 e. The van der Waals surface area contributed by atoms with Crippen molar-refractivity contribution in [3.05, 3.63) is 66.1 Å². The first kappa shape index (κ1) is 17.7. The molecule has 1 aromatic carbocycles. The zero-order chi connectivity index (χ0) is 19.3. The highest BCUT2D eigenvalue weighted by molar-refractivity contribution is 5.92. The molecule has 0 atom stereocenters. The Morgan fingerprint density at radius 1 is 1.07 bits per heavy atom. The first-order valence-electron chi connectivity index (χ1n) is 8.84. The summed E-state index contributed by atoms with van der Waals surface area (Å²) >= 11 is 0. The molecule has 0 radical (unpaired) electrons. The lowest BCUT2D eigenvalue weighted by Crippen LogP contribution is -2.29. The van der Waals surface area contributed by atoms with Crippen LogP contribution in [0.4, 0.5) is 11.5 Å². The molecule has 3 aromatic rings. The average molecular weight is 377 g/mol. The van der Waals surface area contributed by atoms with E-state index in [2.05, 4.69) is 20.5 Å². The monoisotopic (exact) mass is 377 g/mol. The Morgan fingerprint density at radius 2 is 1.89 bits per heavy atom. The predicted molar refractivity (Wildman–Crippen MR) is 103 cm³/mol. The molecule has 0 unspecified atom stereocenters. The molecule has 2 aromatic heterocycles. The minimum atomic E-state index is -0.170. The van der Waals surface area contributed by atoms with Crippen molar-refractivity contribution >= 4 is 17.4 Å². The van der Waals surface area contributed by atoms with E-state index in [4.69, 9.17) is 9.47 Å². The van der Waals surface area contributed by atoms with Crippen molar-refractivity contribution in [1.82, 2.24) is 20.1 Å². The standard InChI is InChI=1S/C20H19N5O3/c1-25(11-8-14-6-9-21-10-7-14)20(26)16-3-5-19(24-23-16)22-15-2-4-17-18(12-15)28-13-27-17/h2-7,9-10,12H,8,11,13H2,1H3,(H,22,24). The summed E-state index contributed by atoms with van der Waals surface area (Å²) in [5.74, 6) is 1.76. The van der Waals surface area contributed by atoms with E-state index in [1.165, 1.54) is 0 Å². The van der Waals surface area contributed by atoms with E-state index >= 15 is 0 Å². The molecule has 0 spiro atoms. The number of hydrogen-bond donors (Lipinski definition) is 1. The molecular weight excluding hydrogens is 358 g/mol. The summed E-state index contributed by atoms with van der Waals surface area (Å²) in [7, 11) is 1.75. The number of benzene rings is 1. The van der Waals surface area contributed by atoms with E-state index in [1.807, 2.05) is 30.3 Å². The van der Waals surface area contributed by atoms with Gasteiger partial charge in [0.05, 0.1) is 0 Å². The first-order valence-corrected chi connectivity index (χ1v) is 8.84. The Kier molecular flexibility index (Phi) is 5.01. The van der Waals surface area contributed by atoms with Crippen molar-refractivity contribution in [3.8, 4) is 11.5 Å². The van der Waals surface area contributed by atoms with Crippen LogP contribution in [0.3, 0.4) is 0 Å². The summed E-state index contributed by atoms with van der Waals surface area (Å²) in [6.07, 6.45) is 4.24. The van der Waals surface area contributed by atoms with Crippen LogP contribution in [0.2, 0.25) is 0 Å². The van der Waals surface area contributed by atoms with Gasteiger partial charge in [-0.25, -0.2) is 0 Å². The number of rotatable bonds is 6. The highest BCUT2D eigenvalue weighted by Gasteiger charge is 2.15. The lowest BCUT2D eigenvalue weighted by molar-refractivity contribution is 0.0789. The summed E-state index contributed by atoms with van der Waals surface area (Å²) in [5, 5.41) is 11.3. The van der Waals surface area contributed by atoms with Gasteiger partial charge in [0.2, 0.25) is 6.79 Å². The second kappa shape index (κ2) is 7.91. The molecule has 1 aliphatic heterocycles. The van der Waals surface area contributed by atoms with E-state index < -0.39 is 0 Å². The van der Waals surface area contributed by atoms with Crippen LogP contribution in [0.1, 0.15) is 16.1 Å². The maximum Gasteiger partial charge on any atom is 0.274 e. The molecule has 0 bridgehead atoms. The van der Waals surface area contributed by atoms with Crippen LogP contribution in [-0.4, -0.2) is 46.4 Å². The number of nitrogens with one attached hydrogen (secondary N) is 1. The maximum atomic E-state index is 12.5. The van der Waals surface area contributed by atoms with E-state index in [0.717, 1.165) is 17.7 Å². The quantitative estimate of drug-likeness (QED) is 0.706. The molecule has 1 amide bonds. The number of pyridine rings is 1. The van der Waals surface area contributed by atoms with Gasteiger partial charge in [-0.05, 0) is 48.4 Å². The molecule has 8 heteroatoms. The molecule has 28 heavy (non-hydrogen) atoms. The van der Waals surface area contributed by atoms with Gasteiger partial charge < -0.3 is 19.7 Å². The number of ether oxygens (including phenoxy) is 2. The second-order valence-corrected chi connectivity index (χ2v) is 6.33. The fraction of sp³-hybridized carbons (Fsp3) is 0.200. The molecule has 1 aliphatic rings. The molecule has 0 saturated carbocycles. The number of likely N-dealkylation sites (N-methyl/N-ethyl adjacent to an activating group) is 1. The number of carbonyl (C=O) groups excluding carboxylic acids is 1. The normalized spacial score (nSPS) is 11.9. The maximum absolute atomic E-state index is 12.5. The smallest absolute Gasteiger partial charge is 0.274 e. The summed E-state index contributed by atoms with van der Waals surface area (Å²) in [6.45, 7) is 0.811. The van der Waals surface area contributed by atoms with Gasteiger partial charge in [0.25, 0.3) is 5.91 Å². The van der Waals surface area contributed by atoms with Crippen LogP contribution in [0.5, 0.6) is 11.5 Å². The topological polar surface area (TPSA) is 89.5 Å². The van der Waals surface area contributed by atoms with Gasteiger partial charge in [-0.2, -0.15) is 0 Å². The van der Waals surface area contributed by atoms with Crippen molar-refractivity contribution in [2.75, 3.05) is 25.7 Å². The number of fused-ring (bicyclic) bond motifs is 1.